The summed E-state index contributed by atoms with van der Waals surface area (Å²) in [5.41, 5.74) is -0.537. The third-order valence-corrected chi connectivity index (χ3v) is 2.61. The SMILES string of the molecule is COCCN(CCC(=O)OC(C)(C)C)C(=O)Cn1cnnn1. The molecule has 0 aromatic carbocycles. The molecule has 124 valence electrons. The summed E-state index contributed by atoms with van der Waals surface area (Å²) < 4.78 is 11.5. The van der Waals surface area contributed by atoms with Crippen LogP contribution in [0, 0.1) is 0 Å². The predicted octanol–water partition coefficient (Wildman–Crippen LogP) is -0.120. The Bertz CT molecular complexity index is 469. The average Bonchev–Trinajstić information content (AvgIpc) is 2.89. The standard InChI is InChI=1S/C13H23N5O4/c1-13(2,3)22-12(20)5-6-17(7-8-21-4)11(19)9-18-10-14-15-16-18/h10H,5-9H2,1-4H3. The molecule has 0 radical (unpaired) electrons. The zero-order valence-corrected chi connectivity index (χ0v) is 13.5. The molecule has 1 amide bonds. The Hall–Kier alpha value is -2.03. The molecule has 22 heavy (non-hydrogen) atoms. The number of nitrogens with zero attached hydrogens (tertiary/aromatic N) is 5. The van der Waals surface area contributed by atoms with E-state index in [9.17, 15) is 9.59 Å². The van der Waals surface area contributed by atoms with Crippen LogP contribution in [0.5, 0.6) is 0 Å². The number of hydrogen-bond acceptors (Lipinski definition) is 7. The fourth-order valence-electron chi connectivity index (χ4n) is 1.67. The molecule has 0 bridgehead atoms. The molecule has 0 atom stereocenters. The summed E-state index contributed by atoms with van der Waals surface area (Å²) in [5, 5.41) is 10.6. The molecule has 1 rings (SSSR count). The molecule has 0 N–H and O–H groups in total. The molecule has 1 aromatic rings. The van der Waals surface area contributed by atoms with E-state index in [1.807, 2.05) is 0 Å². The molecule has 0 aliphatic heterocycles. The van der Waals surface area contributed by atoms with Gasteiger partial charge in [0.15, 0.2) is 0 Å². The Morgan fingerprint density at radius 2 is 2.00 bits per heavy atom. The van der Waals surface area contributed by atoms with Crippen LogP contribution in [0.3, 0.4) is 0 Å². The van der Waals surface area contributed by atoms with Crippen molar-refractivity contribution in [1.82, 2.24) is 25.1 Å². The first-order valence-corrected chi connectivity index (χ1v) is 7.01. The van der Waals surface area contributed by atoms with Gasteiger partial charge in [0.25, 0.3) is 0 Å². The summed E-state index contributed by atoms with van der Waals surface area (Å²) in [6.07, 6.45) is 1.49. The Labute approximate surface area is 129 Å². The third-order valence-electron chi connectivity index (χ3n) is 2.61. The van der Waals surface area contributed by atoms with Crippen LogP contribution in [0.1, 0.15) is 27.2 Å². The largest absolute Gasteiger partial charge is 0.460 e. The molecule has 9 nitrogen and oxygen atoms in total. The molecule has 0 fully saturated rings. The maximum absolute atomic E-state index is 12.2. The van der Waals surface area contributed by atoms with E-state index < -0.39 is 5.60 Å². The van der Waals surface area contributed by atoms with E-state index in [-0.39, 0.29) is 31.4 Å². The maximum Gasteiger partial charge on any atom is 0.308 e. The first-order chi connectivity index (χ1) is 10.3. The molecule has 0 aliphatic carbocycles. The normalized spacial score (nSPS) is 11.3. The van der Waals surface area contributed by atoms with Gasteiger partial charge in [0.05, 0.1) is 13.0 Å². The second kappa shape index (κ2) is 8.42. The molecule has 0 unspecified atom stereocenters. The number of amides is 1. The summed E-state index contributed by atoms with van der Waals surface area (Å²) >= 11 is 0. The van der Waals surface area contributed by atoms with Gasteiger partial charge in [0, 0.05) is 20.2 Å². The van der Waals surface area contributed by atoms with Crippen molar-refractivity contribution in [2.45, 2.75) is 39.3 Å². The van der Waals surface area contributed by atoms with Gasteiger partial charge >= 0.3 is 5.97 Å². The number of aromatic nitrogens is 4. The van der Waals surface area contributed by atoms with Gasteiger partial charge in [-0.15, -0.1) is 5.10 Å². The van der Waals surface area contributed by atoms with Gasteiger partial charge in [-0.2, -0.15) is 0 Å². The van der Waals surface area contributed by atoms with Crippen LogP contribution in [0.15, 0.2) is 6.33 Å². The monoisotopic (exact) mass is 313 g/mol. The Morgan fingerprint density at radius 1 is 1.27 bits per heavy atom. The van der Waals surface area contributed by atoms with Crippen LogP contribution in [-0.4, -0.2) is 69.4 Å². The van der Waals surface area contributed by atoms with Crippen LogP contribution in [0.4, 0.5) is 0 Å². The van der Waals surface area contributed by atoms with Crippen molar-refractivity contribution in [2.24, 2.45) is 0 Å². The number of esters is 1. The summed E-state index contributed by atoms with van der Waals surface area (Å²) in [6, 6.07) is 0. The number of hydrogen-bond donors (Lipinski definition) is 0. The maximum atomic E-state index is 12.2. The van der Waals surface area contributed by atoms with E-state index in [4.69, 9.17) is 9.47 Å². The van der Waals surface area contributed by atoms with Gasteiger partial charge in [-0.05, 0) is 31.2 Å². The number of carbonyl (C=O) groups excluding carboxylic acids is 2. The predicted molar refractivity (Wildman–Crippen MR) is 76.7 cm³/mol. The molecule has 0 spiro atoms. The van der Waals surface area contributed by atoms with Gasteiger partial charge in [-0.1, -0.05) is 0 Å². The lowest BCUT2D eigenvalue weighted by atomic mass is 10.2. The minimum absolute atomic E-state index is 0.0189. The number of tetrazole rings is 1. The fraction of sp³-hybridized carbons (Fsp3) is 0.769. The van der Waals surface area contributed by atoms with Gasteiger partial charge in [0.1, 0.15) is 18.5 Å². The summed E-state index contributed by atoms with van der Waals surface area (Å²) in [4.78, 5) is 25.5. The van der Waals surface area contributed by atoms with Crippen molar-refractivity contribution >= 4 is 11.9 Å². The Morgan fingerprint density at radius 3 is 2.55 bits per heavy atom. The Kier molecular flexibility index (Phi) is 6.90. The molecular weight excluding hydrogens is 290 g/mol. The van der Waals surface area contributed by atoms with E-state index >= 15 is 0 Å². The van der Waals surface area contributed by atoms with Crippen LogP contribution in [0.25, 0.3) is 0 Å². The zero-order valence-electron chi connectivity index (χ0n) is 13.5. The van der Waals surface area contributed by atoms with Crippen molar-refractivity contribution < 1.29 is 19.1 Å². The molecule has 1 aromatic heterocycles. The zero-order chi connectivity index (χ0) is 16.6. The quantitative estimate of drug-likeness (QED) is 0.617. The van der Waals surface area contributed by atoms with Crippen molar-refractivity contribution in [3.8, 4) is 0 Å². The van der Waals surface area contributed by atoms with Gasteiger partial charge < -0.3 is 14.4 Å². The minimum Gasteiger partial charge on any atom is -0.460 e. The Balaban J connectivity index is 2.52. The van der Waals surface area contributed by atoms with Crippen molar-refractivity contribution in [1.29, 1.82) is 0 Å². The van der Waals surface area contributed by atoms with Crippen molar-refractivity contribution in [3.05, 3.63) is 6.33 Å². The highest BCUT2D eigenvalue weighted by molar-refractivity contribution is 5.77. The van der Waals surface area contributed by atoms with Gasteiger partial charge in [-0.3, -0.25) is 9.59 Å². The first kappa shape index (κ1) is 18.0. The minimum atomic E-state index is -0.537. The number of ether oxygens (including phenoxy) is 2. The van der Waals surface area contributed by atoms with Crippen molar-refractivity contribution in [3.63, 3.8) is 0 Å². The summed E-state index contributed by atoms with van der Waals surface area (Å²) in [6.45, 7) is 6.46. The van der Waals surface area contributed by atoms with E-state index in [0.717, 1.165) is 0 Å². The first-order valence-electron chi connectivity index (χ1n) is 7.01. The van der Waals surface area contributed by atoms with Crippen LogP contribution >= 0.6 is 0 Å². The highest BCUT2D eigenvalue weighted by Gasteiger charge is 2.19. The summed E-state index contributed by atoms with van der Waals surface area (Å²) in [7, 11) is 1.55. The van der Waals surface area contributed by atoms with Crippen LogP contribution < -0.4 is 0 Å². The van der Waals surface area contributed by atoms with Crippen LogP contribution in [-0.2, 0) is 25.6 Å². The summed E-state index contributed by atoms with van der Waals surface area (Å²) in [5.74, 6) is -0.530. The number of methoxy groups -OCH3 is 1. The highest BCUT2D eigenvalue weighted by atomic mass is 16.6. The number of carbonyl (C=O) groups is 2. The van der Waals surface area contributed by atoms with E-state index in [1.165, 1.54) is 15.9 Å². The fourth-order valence-corrected chi connectivity index (χ4v) is 1.67. The van der Waals surface area contributed by atoms with Gasteiger partial charge in [0.2, 0.25) is 5.91 Å². The average molecular weight is 313 g/mol. The molecule has 0 saturated heterocycles. The molecule has 0 aliphatic rings. The lowest BCUT2D eigenvalue weighted by Crippen LogP contribution is -2.38. The number of rotatable bonds is 8. The smallest absolute Gasteiger partial charge is 0.308 e. The second-order valence-corrected chi connectivity index (χ2v) is 5.72. The highest BCUT2D eigenvalue weighted by Crippen LogP contribution is 2.08. The van der Waals surface area contributed by atoms with Crippen LogP contribution in [0.2, 0.25) is 0 Å². The van der Waals surface area contributed by atoms with Crippen molar-refractivity contribution in [2.75, 3.05) is 26.8 Å². The lowest BCUT2D eigenvalue weighted by molar-refractivity contribution is -0.155. The van der Waals surface area contributed by atoms with E-state index in [0.29, 0.717) is 13.2 Å². The third kappa shape index (κ3) is 7.11. The topological polar surface area (TPSA) is 99.4 Å². The van der Waals surface area contributed by atoms with E-state index in [1.54, 1.807) is 27.9 Å². The molecule has 0 saturated carbocycles. The molecular formula is C13H23N5O4. The van der Waals surface area contributed by atoms with E-state index in [2.05, 4.69) is 15.5 Å². The second-order valence-electron chi connectivity index (χ2n) is 5.72. The molecule has 9 heteroatoms. The lowest BCUT2D eigenvalue weighted by Gasteiger charge is -2.24. The van der Waals surface area contributed by atoms with Gasteiger partial charge in [-0.25, -0.2) is 4.68 Å². The molecule has 1 heterocycles.